The van der Waals surface area contributed by atoms with Crippen LogP contribution in [0, 0.1) is 0 Å². The van der Waals surface area contributed by atoms with E-state index in [4.69, 9.17) is 15.2 Å². The van der Waals surface area contributed by atoms with Gasteiger partial charge in [0.1, 0.15) is 23.9 Å². The van der Waals surface area contributed by atoms with Gasteiger partial charge in [-0.1, -0.05) is 18.2 Å². The summed E-state index contributed by atoms with van der Waals surface area (Å²) in [7, 11) is 0. The maximum atomic E-state index is 5.93. The van der Waals surface area contributed by atoms with E-state index < -0.39 is 0 Å². The fraction of sp³-hybridized carbons (Fsp3) is 0.143. The molecule has 3 nitrogen and oxygen atoms in total. The molecule has 0 radical (unpaired) electrons. The van der Waals surface area contributed by atoms with E-state index >= 15 is 0 Å². The van der Waals surface area contributed by atoms with Crippen LogP contribution in [0.25, 0.3) is 0 Å². The first kappa shape index (κ1) is 12.7. The van der Waals surface area contributed by atoms with Gasteiger partial charge in [0.25, 0.3) is 0 Å². The van der Waals surface area contributed by atoms with Crippen LogP contribution < -0.4 is 15.2 Å². The number of para-hydroxylation sites is 1. The molecule has 0 bridgehead atoms. The Bertz CT molecular complexity index is 531. The molecule has 0 saturated heterocycles. The molecule has 2 aromatic rings. The second-order valence-corrected chi connectivity index (χ2v) is 4.03. The van der Waals surface area contributed by atoms with Gasteiger partial charge in [0.15, 0.2) is 0 Å². The average Bonchev–Trinajstić information content (AvgIpc) is 2.73. The van der Waals surface area contributed by atoms with E-state index in [1.165, 1.54) is 0 Å². The lowest BCUT2D eigenvalue weighted by atomic mass is 10.1. The number of hydrogen-bond acceptors (Lipinski definition) is 3. The van der Waals surface area contributed by atoms with Crippen molar-refractivity contribution in [2.24, 2.45) is 5.73 Å². The highest BCUT2D eigenvalue weighted by atomic mass is 35.5. The number of fused-ring (bicyclic) bond motifs is 1. The molecule has 1 atom stereocenters. The third kappa shape index (κ3) is 2.42. The van der Waals surface area contributed by atoms with Crippen molar-refractivity contribution in [2.75, 3.05) is 6.61 Å². The summed E-state index contributed by atoms with van der Waals surface area (Å²) in [6.07, 6.45) is 0. The van der Waals surface area contributed by atoms with Crippen molar-refractivity contribution in [3.8, 4) is 17.2 Å². The molecule has 1 heterocycles. The van der Waals surface area contributed by atoms with Gasteiger partial charge >= 0.3 is 0 Å². The van der Waals surface area contributed by atoms with Crippen LogP contribution in [0.3, 0.4) is 0 Å². The summed E-state index contributed by atoms with van der Waals surface area (Å²) >= 11 is 0. The van der Waals surface area contributed by atoms with Crippen molar-refractivity contribution in [2.45, 2.75) is 6.04 Å². The predicted octanol–water partition coefficient (Wildman–Crippen LogP) is 3.29. The quantitative estimate of drug-likeness (QED) is 0.904. The third-order valence-electron chi connectivity index (χ3n) is 2.78. The SMILES string of the molecule is Cl.NC1COc2ccc(Oc3ccccc3)cc21. The van der Waals surface area contributed by atoms with Crippen molar-refractivity contribution < 1.29 is 9.47 Å². The van der Waals surface area contributed by atoms with E-state index in [0.29, 0.717) is 6.61 Å². The number of benzene rings is 2. The average molecular weight is 264 g/mol. The smallest absolute Gasteiger partial charge is 0.128 e. The highest BCUT2D eigenvalue weighted by molar-refractivity contribution is 5.85. The minimum Gasteiger partial charge on any atom is -0.491 e. The van der Waals surface area contributed by atoms with Gasteiger partial charge in [-0.05, 0) is 30.3 Å². The van der Waals surface area contributed by atoms with E-state index in [1.54, 1.807) is 0 Å². The van der Waals surface area contributed by atoms with Crippen molar-refractivity contribution in [3.63, 3.8) is 0 Å². The van der Waals surface area contributed by atoms with Crippen LogP contribution in [0.2, 0.25) is 0 Å². The highest BCUT2D eigenvalue weighted by Gasteiger charge is 2.20. The van der Waals surface area contributed by atoms with Crippen LogP contribution in [0.1, 0.15) is 11.6 Å². The molecule has 18 heavy (non-hydrogen) atoms. The van der Waals surface area contributed by atoms with Gasteiger partial charge in [-0.3, -0.25) is 0 Å². The molecule has 0 aromatic heterocycles. The number of ether oxygens (including phenoxy) is 2. The van der Waals surface area contributed by atoms with Crippen LogP contribution in [0.15, 0.2) is 48.5 Å². The molecule has 2 aromatic carbocycles. The number of halogens is 1. The summed E-state index contributed by atoms with van der Waals surface area (Å²) in [5, 5.41) is 0. The molecule has 3 rings (SSSR count). The second-order valence-electron chi connectivity index (χ2n) is 4.03. The van der Waals surface area contributed by atoms with Crippen LogP contribution >= 0.6 is 12.4 Å². The van der Waals surface area contributed by atoms with Gasteiger partial charge in [0.2, 0.25) is 0 Å². The molecule has 1 unspecified atom stereocenters. The van der Waals surface area contributed by atoms with Crippen LogP contribution in [-0.4, -0.2) is 6.61 Å². The molecule has 1 aliphatic heterocycles. The summed E-state index contributed by atoms with van der Waals surface area (Å²) in [5.41, 5.74) is 6.94. The van der Waals surface area contributed by atoms with Gasteiger partial charge < -0.3 is 15.2 Å². The maximum absolute atomic E-state index is 5.93. The Morgan fingerprint density at radius 3 is 2.61 bits per heavy atom. The van der Waals surface area contributed by atoms with Gasteiger partial charge in [0, 0.05) is 5.56 Å². The Balaban J connectivity index is 0.00000120. The minimum atomic E-state index is -0.0516. The minimum absolute atomic E-state index is 0. The van der Waals surface area contributed by atoms with Crippen molar-refractivity contribution in [1.82, 2.24) is 0 Å². The molecule has 0 spiro atoms. The Hall–Kier alpha value is -1.71. The van der Waals surface area contributed by atoms with Gasteiger partial charge in [-0.15, -0.1) is 12.4 Å². The Labute approximate surface area is 112 Å². The Kier molecular flexibility index (Phi) is 3.75. The van der Waals surface area contributed by atoms with Crippen LogP contribution in [0.5, 0.6) is 17.2 Å². The highest BCUT2D eigenvalue weighted by Crippen LogP contribution is 2.35. The third-order valence-corrected chi connectivity index (χ3v) is 2.78. The molecular formula is C14H14ClNO2. The first-order valence-corrected chi connectivity index (χ1v) is 5.58. The van der Waals surface area contributed by atoms with Gasteiger partial charge in [-0.2, -0.15) is 0 Å². The van der Waals surface area contributed by atoms with E-state index in [9.17, 15) is 0 Å². The first-order valence-electron chi connectivity index (χ1n) is 5.58. The monoisotopic (exact) mass is 263 g/mol. The Morgan fingerprint density at radius 1 is 1.06 bits per heavy atom. The topological polar surface area (TPSA) is 44.5 Å². The number of rotatable bonds is 2. The molecule has 0 aliphatic carbocycles. The fourth-order valence-corrected chi connectivity index (χ4v) is 1.91. The molecule has 1 aliphatic rings. The largest absolute Gasteiger partial charge is 0.491 e. The summed E-state index contributed by atoms with van der Waals surface area (Å²) in [5.74, 6) is 2.47. The molecule has 0 fully saturated rings. The van der Waals surface area contributed by atoms with E-state index in [2.05, 4.69) is 0 Å². The van der Waals surface area contributed by atoms with Crippen molar-refractivity contribution in [1.29, 1.82) is 0 Å². The van der Waals surface area contributed by atoms with Crippen LogP contribution in [0.4, 0.5) is 0 Å². The zero-order valence-corrected chi connectivity index (χ0v) is 10.5. The predicted molar refractivity (Wildman–Crippen MR) is 72.6 cm³/mol. The van der Waals surface area contributed by atoms with E-state index in [0.717, 1.165) is 22.8 Å². The zero-order chi connectivity index (χ0) is 11.7. The Morgan fingerprint density at radius 2 is 1.83 bits per heavy atom. The standard InChI is InChI=1S/C14H13NO2.ClH/c15-13-9-16-14-7-6-11(8-12(13)14)17-10-4-2-1-3-5-10;/h1-8,13H,9,15H2;1H. The lowest BCUT2D eigenvalue weighted by Crippen LogP contribution is -2.10. The number of nitrogens with two attached hydrogens (primary N) is 1. The van der Waals surface area contributed by atoms with E-state index in [-0.39, 0.29) is 18.4 Å². The molecule has 0 amide bonds. The first-order chi connectivity index (χ1) is 8.33. The summed E-state index contributed by atoms with van der Waals surface area (Å²) in [6.45, 7) is 0.546. The second kappa shape index (κ2) is 5.29. The lowest BCUT2D eigenvalue weighted by Gasteiger charge is -2.07. The molecule has 94 valence electrons. The molecule has 4 heteroatoms. The zero-order valence-electron chi connectivity index (χ0n) is 9.71. The van der Waals surface area contributed by atoms with Crippen LogP contribution in [-0.2, 0) is 0 Å². The van der Waals surface area contributed by atoms with Gasteiger partial charge in [0.05, 0.1) is 6.04 Å². The molecular weight excluding hydrogens is 250 g/mol. The van der Waals surface area contributed by atoms with E-state index in [1.807, 2.05) is 48.5 Å². The fourth-order valence-electron chi connectivity index (χ4n) is 1.91. The maximum Gasteiger partial charge on any atom is 0.128 e. The van der Waals surface area contributed by atoms with Crippen molar-refractivity contribution >= 4 is 12.4 Å². The lowest BCUT2D eigenvalue weighted by molar-refractivity contribution is 0.333. The summed E-state index contributed by atoms with van der Waals surface area (Å²) in [4.78, 5) is 0. The normalized spacial score (nSPS) is 16.4. The molecule has 2 N–H and O–H groups in total. The summed E-state index contributed by atoms with van der Waals surface area (Å²) in [6, 6.07) is 15.4. The van der Waals surface area contributed by atoms with Gasteiger partial charge in [-0.25, -0.2) is 0 Å². The van der Waals surface area contributed by atoms with Crippen molar-refractivity contribution in [3.05, 3.63) is 54.1 Å². The summed E-state index contributed by atoms with van der Waals surface area (Å²) < 4.78 is 11.2. The molecule has 0 saturated carbocycles. The number of hydrogen-bond donors (Lipinski definition) is 1.